The van der Waals surface area contributed by atoms with Gasteiger partial charge in [0.25, 0.3) is 0 Å². The molecule has 2 N–H and O–H groups in total. The van der Waals surface area contributed by atoms with E-state index in [0.29, 0.717) is 12.2 Å². The number of methoxy groups -OCH3 is 1. The Labute approximate surface area is 136 Å². The fraction of sp³-hybridized carbons (Fsp3) is 0.667. The summed E-state index contributed by atoms with van der Waals surface area (Å²) in [5.41, 5.74) is -0.443. The molecule has 2 rings (SSSR count). The van der Waals surface area contributed by atoms with Gasteiger partial charge in [0.1, 0.15) is 18.0 Å². The Morgan fingerprint density at radius 2 is 2.26 bits per heavy atom. The minimum atomic E-state index is -1.21. The number of nitrogens with one attached hydrogen (secondary N) is 1. The minimum Gasteiger partial charge on any atom is -0.388 e. The maximum Gasteiger partial charge on any atom is 0.351 e. The third kappa shape index (κ3) is 4.23. The molecule has 1 aromatic heterocycles. The Hall–Kier alpha value is -1.14. The number of nitrogens with zero attached hydrogens (tertiary/aromatic N) is 2. The van der Waals surface area contributed by atoms with Gasteiger partial charge in [-0.1, -0.05) is 0 Å². The standard InChI is InChI=1S/C15H26N3O4P/c1-16-11-6-8-18(15(20)17-11)14-13(21-2)12(19)10(22-14)7-9-23(3,4)5/h6,8,10,12-14,19H,3,7,9H2,1-2,4-5H3,(H,16,17,20)/t10-,12-,13-,14?/m1/s1. The number of aromatic nitrogens is 2. The average molecular weight is 343 g/mol. The summed E-state index contributed by atoms with van der Waals surface area (Å²) >= 11 is 0. The van der Waals surface area contributed by atoms with Gasteiger partial charge in [0.2, 0.25) is 0 Å². The molecule has 1 saturated heterocycles. The summed E-state index contributed by atoms with van der Waals surface area (Å²) in [6.45, 7) is 3.08. The molecule has 1 aliphatic heterocycles. The van der Waals surface area contributed by atoms with E-state index < -0.39 is 31.0 Å². The monoisotopic (exact) mass is 343 g/mol. The van der Waals surface area contributed by atoms with Gasteiger partial charge in [-0.2, -0.15) is 4.98 Å². The molecular formula is C15H26N3O4P. The summed E-state index contributed by atoms with van der Waals surface area (Å²) in [6.07, 6.45) is 4.93. The van der Waals surface area contributed by atoms with E-state index in [4.69, 9.17) is 9.47 Å². The van der Waals surface area contributed by atoms with E-state index in [1.807, 2.05) is 0 Å². The van der Waals surface area contributed by atoms with Crippen LogP contribution in [-0.2, 0) is 9.47 Å². The van der Waals surface area contributed by atoms with Crippen molar-refractivity contribution in [2.45, 2.75) is 31.0 Å². The predicted octanol–water partition coefficient (Wildman–Crippen LogP) is 0.658. The Morgan fingerprint density at radius 1 is 1.57 bits per heavy atom. The molecule has 0 saturated carbocycles. The molecule has 0 aliphatic carbocycles. The Balaban J connectivity index is 2.21. The first kappa shape index (κ1) is 18.2. The molecule has 1 unspecified atom stereocenters. The summed E-state index contributed by atoms with van der Waals surface area (Å²) in [5.74, 6) is 0.485. The maximum atomic E-state index is 12.2. The first-order chi connectivity index (χ1) is 10.8. The van der Waals surface area contributed by atoms with Gasteiger partial charge in [-0.3, -0.25) is 4.57 Å². The van der Waals surface area contributed by atoms with Crippen LogP contribution in [0.5, 0.6) is 0 Å². The van der Waals surface area contributed by atoms with Crippen LogP contribution in [0.3, 0.4) is 0 Å². The van der Waals surface area contributed by atoms with Crippen LogP contribution in [0.1, 0.15) is 12.6 Å². The molecule has 2 heterocycles. The van der Waals surface area contributed by atoms with E-state index in [1.165, 1.54) is 11.7 Å². The fourth-order valence-corrected chi connectivity index (χ4v) is 3.61. The number of aliphatic hydroxyl groups is 1. The highest BCUT2D eigenvalue weighted by atomic mass is 31.2. The lowest BCUT2D eigenvalue weighted by Crippen LogP contribution is -2.37. The van der Waals surface area contributed by atoms with Gasteiger partial charge in [0, 0.05) is 20.4 Å². The van der Waals surface area contributed by atoms with Gasteiger partial charge in [0.05, 0.1) is 6.10 Å². The summed E-state index contributed by atoms with van der Waals surface area (Å²) in [5, 5.41) is 13.3. The highest BCUT2D eigenvalue weighted by Gasteiger charge is 2.45. The number of hydrogen-bond donors (Lipinski definition) is 2. The molecule has 0 aromatic carbocycles. The van der Waals surface area contributed by atoms with Crippen molar-refractivity contribution >= 4 is 19.0 Å². The van der Waals surface area contributed by atoms with E-state index in [2.05, 4.69) is 29.9 Å². The zero-order valence-electron chi connectivity index (χ0n) is 14.1. The smallest absolute Gasteiger partial charge is 0.351 e. The maximum absolute atomic E-state index is 12.2. The molecule has 1 aromatic rings. The SMILES string of the molecule is C=P(C)(C)CC[C@H]1OC(n2ccc(NC)nc2=O)[C@H](OC)[C@@H]1O. The van der Waals surface area contributed by atoms with Crippen LogP contribution in [-0.4, -0.2) is 72.9 Å². The molecule has 1 aliphatic rings. The van der Waals surface area contributed by atoms with Crippen molar-refractivity contribution in [2.75, 3.05) is 39.0 Å². The van der Waals surface area contributed by atoms with E-state index in [9.17, 15) is 9.90 Å². The second-order valence-electron chi connectivity index (χ2n) is 6.46. The van der Waals surface area contributed by atoms with Gasteiger partial charge in [-0.05, 0) is 32.0 Å². The molecule has 0 amide bonds. The van der Waals surface area contributed by atoms with Crippen molar-refractivity contribution in [1.82, 2.24) is 9.55 Å². The Kier molecular flexibility index (Phi) is 5.68. The zero-order chi connectivity index (χ0) is 17.2. The lowest BCUT2D eigenvalue weighted by atomic mass is 10.1. The number of aliphatic hydroxyl groups excluding tert-OH is 1. The number of anilines is 1. The summed E-state index contributed by atoms with van der Waals surface area (Å²) in [6, 6.07) is 1.68. The van der Waals surface area contributed by atoms with Crippen molar-refractivity contribution in [3.05, 3.63) is 22.7 Å². The van der Waals surface area contributed by atoms with Gasteiger partial charge in [-0.15, -0.1) is 13.2 Å². The lowest BCUT2D eigenvalue weighted by Gasteiger charge is -2.20. The molecule has 8 heteroatoms. The molecular weight excluding hydrogens is 317 g/mol. The van der Waals surface area contributed by atoms with Crippen molar-refractivity contribution in [1.29, 1.82) is 0 Å². The normalized spacial score (nSPS) is 28.0. The third-order valence-electron chi connectivity index (χ3n) is 3.96. The van der Waals surface area contributed by atoms with Gasteiger partial charge < -0.3 is 19.9 Å². The van der Waals surface area contributed by atoms with E-state index in [-0.39, 0.29) is 6.10 Å². The first-order valence-corrected chi connectivity index (χ1v) is 10.6. The van der Waals surface area contributed by atoms with Crippen LogP contribution >= 0.6 is 6.89 Å². The Bertz CT molecular complexity index is 642. The Morgan fingerprint density at radius 3 is 2.78 bits per heavy atom. The summed E-state index contributed by atoms with van der Waals surface area (Å²) in [4.78, 5) is 16.1. The molecule has 23 heavy (non-hydrogen) atoms. The predicted molar refractivity (Wildman–Crippen MR) is 94.1 cm³/mol. The highest BCUT2D eigenvalue weighted by molar-refractivity contribution is 7.72. The number of ether oxygens (including phenoxy) is 2. The van der Waals surface area contributed by atoms with Crippen molar-refractivity contribution in [3.63, 3.8) is 0 Å². The van der Waals surface area contributed by atoms with Crippen molar-refractivity contribution < 1.29 is 14.6 Å². The molecule has 0 radical (unpaired) electrons. The van der Waals surface area contributed by atoms with E-state index in [1.54, 1.807) is 19.3 Å². The molecule has 1 fully saturated rings. The van der Waals surface area contributed by atoms with Crippen LogP contribution in [0, 0.1) is 0 Å². The largest absolute Gasteiger partial charge is 0.388 e. The zero-order valence-corrected chi connectivity index (χ0v) is 15.0. The molecule has 7 nitrogen and oxygen atoms in total. The van der Waals surface area contributed by atoms with Gasteiger partial charge >= 0.3 is 5.69 Å². The second kappa shape index (κ2) is 7.18. The van der Waals surface area contributed by atoms with Crippen LogP contribution in [0.2, 0.25) is 0 Å². The van der Waals surface area contributed by atoms with Crippen LogP contribution in [0.4, 0.5) is 5.82 Å². The van der Waals surface area contributed by atoms with Crippen molar-refractivity contribution in [3.8, 4) is 0 Å². The van der Waals surface area contributed by atoms with Crippen LogP contribution in [0.15, 0.2) is 17.1 Å². The van der Waals surface area contributed by atoms with Gasteiger partial charge in [0.15, 0.2) is 6.23 Å². The third-order valence-corrected chi connectivity index (χ3v) is 5.43. The molecule has 0 spiro atoms. The van der Waals surface area contributed by atoms with E-state index in [0.717, 1.165) is 6.16 Å². The molecule has 0 bridgehead atoms. The second-order valence-corrected chi connectivity index (χ2v) is 10.8. The molecule has 4 atom stereocenters. The summed E-state index contributed by atoms with van der Waals surface area (Å²) in [7, 11) is 3.20. The first-order valence-electron chi connectivity index (χ1n) is 7.57. The van der Waals surface area contributed by atoms with Crippen LogP contribution in [0.25, 0.3) is 0 Å². The van der Waals surface area contributed by atoms with E-state index >= 15 is 0 Å². The highest BCUT2D eigenvalue weighted by Crippen LogP contribution is 2.39. The topological polar surface area (TPSA) is 85.6 Å². The van der Waals surface area contributed by atoms with Gasteiger partial charge in [-0.25, -0.2) is 4.79 Å². The minimum absolute atomic E-state index is 0.373. The fourth-order valence-electron chi connectivity index (χ4n) is 2.66. The molecule has 130 valence electrons. The van der Waals surface area contributed by atoms with Crippen molar-refractivity contribution in [2.24, 2.45) is 0 Å². The average Bonchev–Trinajstić information content (AvgIpc) is 2.80. The van der Waals surface area contributed by atoms with Crippen LogP contribution < -0.4 is 11.0 Å². The quantitative estimate of drug-likeness (QED) is 0.738. The number of rotatable bonds is 6. The number of hydrogen-bond acceptors (Lipinski definition) is 6. The lowest BCUT2D eigenvalue weighted by molar-refractivity contribution is -0.0540. The summed E-state index contributed by atoms with van der Waals surface area (Å²) < 4.78 is 12.7.